The Bertz CT molecular complexity index is 291. The molecule has 1 unspecified atom stereocenters. The van der Waals surface area contributed by atoms with E-state index in [1.807, 2.05) is 0 Å². The van der Waals surface area contributed by atoms with Gasteiger partial charge in [0, 0.05) is 0 Å². The maximum Gasteiger partial charge on any atom is 0.356 e. The van der Waals surface area contributed by atoms with E-state index in [1.165, 1.54) is 0 Å². The van der Waals surface area contributed by atoms with Gasteiger partial charge in [0.25, 0.3) is 0 Å². The Hall–Kier alpha value is -0.0900. The summed E-state index contributed by atoms with van der Waals surface area (Å²) in [4.78, 5) is 17.5. The molecule has 102 valence electrons. The lowest BCUT2D eigenvalue weighted by Gasteiger charge is -2.20. The van der Waals surface area contributed by atoms with Gasteiger partial charge in [-0.15, -0.1) is 0 Å². The SMILES string of the molecule is O=P(O)(O)C(CO)OC[C@H]1O[C@@H](O)[C@H](O)[C@@H]1O. The van der Waals surface area contributed by atoms with Crippen molar-refractivity contribution < 1.29 is 44.3 Å². The number of aliphatic hydroxyl groups excluding tert-OH is 4. The molecule has 0 aromatic carbocycles. The van der Waals surface area contributed by atoms with Gasteiger partial charge in [-0.1, -0.05) is 0 Å². The van der Waals surface area contributed by atoms with Crippen molar-refractivity contribution in [1.82, 2.24) is 0 Å². The van der Waals surface area contributed by atoms with Gasteiger partial charge in [0.05, 0.1) is 13.2 Å². The normalized spacial score (nSPS) is 36.1. The van der Waals surface area contributed by atoms with Crippen LogP contribution in [-0.2, 0) is 14.0 Å². The van der Waals surface area contributed by atoms with Crippen molar-refractivity contribution >= 4 is 7.60 Å². The predicted molar refractivity (Wildman–Crippen MR) is 51.8 cm³/mol. The molecule has 1 aliphatic heterocycles. The molecule has 0 aromatic rings. The third-order valence-electron chi connectivity index (χ3n) is 2.32. The van der Waals surface area contributed by atoms with Crippen molar-refractivity contribution in [2.45, 2.75) is 30.4 Å². The highest BCUT2D eigenvalue weighted by Crippen LogP contribution is 2.41. The molecule has 1 fully saturated rings. The van der Waals surface area contributed by atoms with Crippen LogP contribution in [0.4, 0.5) is 0 Å². The highest BCUT2D eigenvalue weighted by Gasteiger charge is 2.42. The zero-order chi connectivity index (χ0) is 13.2. The number of ether oxygens (including phenoxy) is 2. The summed E-state index contributed by atoms with van der Waals surface area (Å²) in [6.07, 6.45) is -5.64. The predicted octanol–water partition coefficient (Wildman–Crippen LogP) is -3.06. The molecule has 0 bridgehead atoms. The maximum absolute atomic E-state index is 10.8. The third kappa shape index (κ3) is 3.68. The van der Waals surface area contributed by atoms with Crippen LogP contribution in [-0.4, -0.2) is 73.9 Å². The molecule has 0 aliphatic carbocycles. The molecule has 10 heteroatoms. The van der Waals surface area contributed by atoms with E-state index in [0.29, 0.717) is 0 Å². The molecule has 1 aliphatic rings. The van der Waals surface area contributed by atoms with Crippen molar-refractivity contribution in [1.29, 1.82) is 0 Å². The Morgan fingerprint density at radius 1 is 1.24 bits per heavy atom. The van der Waals surface area contributed by atoms with E-state index in [1.54, 1.807) is 0 Å². The van der Waals surface area contributed by atoms with Crippen molar-refractivity contribution in [2.24, 2.45) is 0 Å². The van der Waals surface area contributed by atoms with Crippen molar-refractivity contribution in [2.75, 3.05) is 13.2 Å². The lowest BCUT2D eigenvalue weighted by Crippen LogP contribution is -2.35. The molecule has 5 atom stereocenters. The van der Waals surface area contributed by atoms with E-state index < -0.39 is 51.3 Å². The Kier molecular flexibility index (Phi) is 5.02. The van der Waals surface area contributed by atoms with Gasteiger partial charge in [-0.3, -0.25) is 4.57 Å². The van der Waals surface area contributed by atoms with Gasteiger partial charge < -0.3 is 39.7 Å². The van der Waals surface area contributed by atoms with Crippen LogP contribution in [0.5, 0.6) is 0 Å². The van der Waals surface area contributed by atoms with Crippen LogP contribution in [0.3, 0.4) is 0 Å². The Balaban J connectivity index is 2.49. The summed E-state index contributed by atoms with van der Waals surface area (Å²) in [5.74, 6) is -1.73. The van der Waals surface area contributed by atoms with E-state index in [-0.39, 0.29) is 0 Å². The van der Waals surface area contributed by atoms with E-state index >= 15 is 0 Å². The van der Waals surface area contributed by atoms with Crippen LogP contribution in [0.15, 0.2) is 0 Å². The lowest BCUT2D eigenvalue weighted by atomic mass is 10.1. The molecule has 0 radical (unpaired) electrons. The summed E-state index contributed by atoms with van der Waals surface area (Å²) in [7, 11) is -4.62. The monoisotopic (exact) mass is 274 g/mol. The third-order valence-corrected chi connectivity index (χ3v) is 3.38. The molecule has 0 saturated carbocycles. The van der Waals surface area contributed by atoms with Crippen molar-refractivity contribution in [3.8, 4) is 0 Å². The van der Waals surface area contributed by atoms with Crippen LogP contribution in [0, 0.1) is 0 Å². The van der Waals surface area contributed by atoms with Gasteiger partial charge in [0.2, 0.25) is 0 Å². The number of hydrogen-bond acceptors (Lipinski definition) is 7. The highest BCUT2D eigenvalue weighted by molar-refractivity contribution is 7.52. The number of hydrogen-bond donors (Lipinski definition) is 6. The standard InChI is InChI=1S/C7H15O9P/c8-1-4(17(12,13)14)15-2-3-5(9)6(10)7(11)16-3/h3-11H,1-2H2,(H2,12,13,14)/t3-,4?,5-,6-,7-/m1/s1. The minimum absolute atomic E-state index is 0.481. The topological polar surface area (TPSA) is 157 Å². The first-order valence-corrected chi connectivity index (χ1v) is 6.43. The molecule has 1 rings (SSSR count). The van der Waals surface area contributed by atoms with Crippen molar-refractivity contribution in [3.05, 3.63) is 0 Å². The van der Waals surface area contributed by atoms with E-state index in [4.69, 9.17) is 25.1 Å². The summed E-state index contributed by atoms with van der Waals surface area (Å²) >= 11 is 0. The molecule has 0 aromatic heterocycles. The van der Waals surface area contributed by atoms with E-state index in [9.17, 15) is 9.67 Å². The second kappa shape index (κ2) is 5.70. The maximum atomic E-state index is 10.8. The summed E-state index contributed by atoms with van der Waals surface area (Å²) in [6.45, 7) is -1.39. The lowest BCUT2D eigenvalue weighted by molar-refractivity contribution is -0.139. The first-order valence-electron chi connectivity index (χ1n) is 4.74. The van der Waals surface area contributed by atoms with Crippen LogP contribution in [0.2, 0.25) is 0 Å². The Labute approximate surface area is 96.4 Å². The van der Waals surface area contributed by atoms with Gasteiger partial charge in [-0.05, 0) is 0 Å². The summed E-state index contributed by atoms with van der Waals surface area (Å²) in [6, 6.07) is 0. The largest absolute Gasteiger partial charge is 0.393 e. The van der Waals surface area contributed by atoms with Gasteiger partial charge >= 0.3 is 7.60 Å². The summed E-state index contributed by atoms with van der Waals surface area (Å²) < 4.78 is 20.2. The average Bonchev–Trinajstić information content (AvgIpc) is 2.45. The second-order valence-electron chi connectivity index (χ2n) is 3.61. The molecule has 0 spiro atoms. The van der Waals surface area contributed by atoms with Crippen LogP contribution < -0.4 is 0 Å². The Morgan fingerprint density at radius 2 is 1.82 bits per heavy atom. The average molecular weight is 274 g/mol. The zero-order valence-electron chi connectivity index (χ0n) is 8.66. The minimum atomic E-state index is -4.62. The molecule has 1 saturated heterocycles. The van der Waals surface area contributed by atoms with Crippen molar-refractivity contribution in [3.63, 3.8) is 0 Å². The fourth-order valence-corrected chi connectivity index (χ4v) is 1.82. The fourth-order valence-electron chi connectivity index (χ4n) is 1.33. The molecule has 17 heavy (non-hydrogen) atoms. The minimum Gasteiger partial charge on any atom is -0.393 e. The molecule has 0 amide bonds. The molecular weight excluding hydrogens is 259 g/mol. The van der Waals surface area contributed by atoms with Gasteiger partial charge in [-0.2, -0.15) is 0 Å². The Morgan fingerprint density at radius 3 is 2.18 bits per heavy atom. The molecule has 1 heterocycles. The molecule has 9 nitrogen and oxygen atoms in total. The van der Waals surface area contributed by atoms with E-state index in [2.05, 4.69) is 9.47 Å². The summed E-state index contributed by atoms with van der Waals surface area (Å²) in [5.41, 5.74) is 0. The number of aliphatic hydroxyl groups is 4. The van der Waals surface area contributed by atoms with Crippen LogP contribution in [0.1, 0.15) is 0 Å². The highest BCUT2D eigenvalue weighted by atomic mass is 31.2. The molecular formula is C7H15O9P. The first kappa shape index (κ1) is 15.0. The zero-order valence-corrected chi connectivity index (χ0v) is 9.55. The summed E-state index contributed by atoms with van der Waals surface area (Å²) in [5, 5.41) is 36.2. The number of rotatable bonds is 5. The van der Waals surface area contributed by atoms with E-state index in [0.717, 1.165) is 0 Å². The quantitative estimate of drug-likeness (QED) is 0.286. The first-order chi connectivity index (χ1) is 7.77. The van der Waals surface area contributed by atoms with Crippen LogP contribution in [0.25, 0.3) is 0 Å². The second-order valence-corrected chi connectivity index (χ2v) is 5.36. The van der Waals surface area contributed by atoms with Gasteiger partial charge in [0.1, 0.15) is 18.3 Å². The smallest absolute Gasteiger partial charge is 0.356 e. The molecule has 6 N–H and O–H groups in total. The van der Waals surface area contributed by atoms with Crippen LogP contribution >= 0.6 is 7.60 Å². The van der Waals surface area contributed by atoms with Gasteiger partial charge in [0.15, 0.2) is 12.1 Å². The van der Waals surface area contributed by atoms with Gasteiger partial charge in [-0.25, -0.2) is 0 Å². The fraction of sp³-hybridized carbons (Fsp3) is 1.00.